The Hall–Kier alpha value is -2.37. The zero-order valence-electron chi connectivity index (χ0n) is 14.4. The van der Waals surface area contributed by atoms with Crippen LogP contribution in [0.3, 0.4) is 0 Å². The largest absolute Gasteiger partial charge is 0.479 e. The van der Waals surface area contributed by atoms with Crippen LogP contribution in [0.15, 0.2) is 18.2 Å². The average molecular weight is 332 g/mol. The predicted molar refractivity (Wildman–Crippen MR) is 91.4 cm³/mol. The first-order valence-electron chi connectivity index (χ1n) is 8.36. The van der Waals surface area contributed by atoms with Crippen molar-refractivity contribution >= 4 is 23.8 Å². The summed E-state index contributed by atoms with van der Waals surface area (Å²) in [4.78, 5) is 39.4. The first-order valence-corrected chi connectivity index (χ1v) is 8.36. The van der Waals surface area contributed by atoms with E-state index in [1.54, 1.807) is 30.0 Å². The first kappa shape index (κ1) is 18.0. The molecule has 1 unspecified atom stereocenters. The van der Waals surface area contributed by atoms with Gasteiger partial charge >= 0.3 is 0 Å². The van der Waals surface area contributed by atoms with E-state index in [2.05, 4.69) is 0 Å². The van der Waals surface area contributed by atoms with Crippen molar-refractivity contribution in [3.8, 4) is 5.75 Å². The van der Waals surface area contributed by atoms with Gasteiger partial charge in [-0.05, 0) is 38.0 Å². The summed E-state index contributed by atoms with van der Waals surface area (Å²) >= 11 is 0. The molecule has 2 amide bonds. The lowest BCUT2D eigenvalue weighted by molar-refractivity contribution is -0.133. The van der Waals surface area contributed by atoms with Gasteiger partial charge in [-0.25, -0.2) is 0 Å². The van der Waals surface area contributed by atoms with Gasteiger partial charge in [0.15, 0.2) is 6.10 Å². The number of ether oxygens (including phenoxy) is 1. The Morgan fingerprint density at radius 2 is 1.96 bits per heavy atom. The van der Waals surface area contributed by atoms with E-state index in [0.717, 1.165) is 12.8 Å². The van der Waals surface area contributed by atoms with Gasteiger partial charge < -0.3 is 9.64 Å². The Balaban J connectivity index is 2.29. The van der Waals surface area contributed by atoms with Gasteiger partial charge in [-0.2, -0.15) is 0 Å². The predicted octanol–water partition coefficient (Wildman–Crippen LogP) is 2.26. The van der Waals surface area contributed by atoms with E-state index < -0.39 is 6.10 Å². The minimum Gasteiger partial charge on any atom is -0.479 e. The van der Waals surface area contributed by atoms with Crippen LogP contribution in [0.2, 0.25) is 0 Å². The normalized spacial score (nSPS) is 16.4. The summed E-state index contributed by atoms with van der Waals surface area (Å²) in [6.45, 7) is 6.99. The van der Waals surface area contributed by atoms with Crippen LogP contribution in [0.4, 0.5) is 5.69 Å². The van der Waals surface area contributed by atoms with Gasteiger partial charge in [0.25, 0.3) is 5.91 Å². The summed E-state index contributed by atoms with van der Waals surface area (Å²) < 4.78 is 5.58. The summed E-state index contributed by atoms with van der Waals surface area (Å²) in [7, 11) is 0. The molecular formula is C18H24N2O4. The molecule has 1 aliphatic heterocycles. The number of anilines is 1. The molecule has 0 saturated heterocycles. The summed E-state index contributed by atoms with van der Waals surface area (Å²) in [5.74, 6) is 0.147. The zero-order chi connectivity index (χ0) is 17.7. The van der Waals surface area contributed by atoms with E-state index in [-0.39, 0.29) is 18.4 Å². The van der Waals surface area contributed by atoms with E-state index in [1.807, 2.05) is 13.8 Å². The molecule has 0 aliphatic carbocycles. The third-order valence-electron chi connectivity index (χ3n) is 3.96. The molecule has 0 spiro atoms. The third-order valence-corrected chi connectivity index (χ3v) is 3.96. The lowest BCUT2D eigenvalue weighted by Gasteiger charge is -2.34. The van der Waals surface area contributed by atoms with Crippen LogP contribution >= 0.6 is 0 Å². The number of aldehydes is 1. The highest BCUT2D eigenvalue weighted by atomic mass is 16.5. The molecule has 0 fully saturated rings. The Labute approximate surface area is 142 Å². The van der Waals surface area contributed by atoms with Crippen LogP contribution in [-0.2, 0) is 9.59 Å². The topological polar surface area (TPSA) is 66.9 Å². The summed E-state index contributed by atoms with van der Waals surface area (Å²) in [5, 5.41) is 0. The highest BCUT2D eigenvalue weighted by Crippen LogP contribution is 2.34. The van der Waals surface area contributed by atoms with Crippen molar-refractivity contribution in [2.45, 2.75) is 39.7 Å². The molecule has 2 rings (SSSR count). The molecule has 1 atom stereocenters. The molecule has 130 valence electrons. The number of hydrogen-bond donors (Lipinski definition) is 0. The molecule has 24 heavy (non-hydrogen) atoms. The van der Waals surface area contributed by atoms with Gasteiger partial charge in [-0.1, -0.05) is 13.8 Å². The molecule has 6 nitrogen and oxygen atoms in total. The number of rotatable bonds is 7. The minimum absolute atomic E-state index is 0.0398. The maximum atomic E-state index is 12.6. The van der Waals surface area contributed by atoms with Crippen molar-refractivity contribution in [1.82, 2.24) is 4.90 Å². The average Bonchev–Trinajstić information content (AvgIpc) is 2.58. The minimum atomic E-state index is -0.654. The third kappa shape index (κ3) is 3.75. The Kier molecular flexibility index (Phi) is 5.95. The van der Waals surface area contributed by atoms with Gasteiger partial charge in [0.1, 0.15) is 18.6 Å². The Morgan fingerprint density at radius 3 is 2.54 bits per heavy atom. The highest BCUT2D eigenvalue weighted by molar-refractivity contribution is 6.04. The maximum absolute atomic E-state index is 12.6. The molecule has 1 aromatic rings. The smallest absolute Gasteiger partial charge is 0.268 e. The van der Waals surface area contributed by atoms with Crippen LogP contribution in [0, 0.1) is 0 Å². The molecule has 1 aromatic carbocycles. The van der Waals surface area contributed by atoms with Crippen molar-refractivity contribution in [2.24, 2.45) is 0 Å². The van der Waals surface area contributed by atoms with Gasteiger partial charge in [-0.15, -0.1) is 0 Å². The number of benzene rings is 1. The van der Waals surface area contributed by atoms with E-state index in [0.29, 0.717) is 36.4 Å². The van der Waals surface area contributed by atoms with Gasteiger partial charge in [0, 0.05) is 18.7 Å². The zero-order valence-corrected chi connectivity index (χ0v) is 14.4. The number of fused-ring (bicyclic) bond motifs is 1. The van der Waals surface area contributed by atoms with Crippen LogP contribution in [0.25, 0.3) is 0 Å². The highest BCUT2D eigenvalue weighted by Gasteiger charge is 2.33. The molecule has 0 aromatic heterocycles. The second kappa shape index (κ2) is 7.95. The first-order chi connectivity index (χ1) is 11.5. The number of nitrogens with zero attached hydrogens (tertiary/aromatic N) is 2. The summed E-state index contributed by atoms with van der Waals surface area (Å²) in [6.07, 6.45) is 1.79. The molecule has 1 aliphatic rings. The van der Waals surface area contributed by atoms with Crippen LogP contribution in [0.1, 0.15) is 44.0 Å². The van der Waals surface area contributed by atoms with Crippen LogP contribution in [0.5, 0.6) is 5.75 Å². The molecule has 0 saturated carbocycles. The second-order valence-corrected chi connectivity index (χ2v) is 5.91. The van der Waals surface area contributed by atoms with Crippen LogP contribution in [-0.4, -0.2) is 48.7 Å². The fourth-order valence-corrected chi connectivity index (χ4v) is 2.80. The van der Waals surface area contributed by atoms with E-state index >= 15 is 0 Å². The van der Waals surface area contributed by atoms with E-state index in [1.165, 1.54) is 4.90 Å². The van der Waals surface area contributed by atoms with Gasteiger partial charge in [0.2, 0.25) is 5.91 Å². The Morgan fingerprint density at radius 1 is 1.29 bits per heavy atom. The molecule has 6 heteroatoms. The van der Waals surface area contributed by atoms with Gasteiger partial charge in [0.05, 0.1) is 5.69 Å². The fourth-order valence-electron chi connectivity index (χ4n) is 2.80. The Bertz CT molecular complexity index is 623. The lowest BCUT2D eigenvalue weighted by atomic mass is 10.1. The standard InChI is InChI=1S/C18H24N2O4/c1-4-8-19(9-5-2)17(22)11-20-15-10-14(12-21)6-7-16(15)24-13(3)18(20)23/h6-7,10,12-13H,4-5,8-9,11H2,1-3H3. The quantitative estimate of drug-likeness (QED) is 0.718. The monoisotopic (exact) mass is 332 g/mol. The summed E-state index contributed by atoms with van der Waals surface area (Å²) in [5.41, 5.74) is 0.917. The molecule has 1 heterocycles. The summed E-state index contributed by atoms with van der Waals surface area (Å²) in [6, 6.07) is 4.88. The second-order valence-electron chi connectivity index (χ2n) is 5.91. The van der Waals surface area contributed by atoms with Crippen LogP contribution < -0.4 is 9.64 Å². The van der Waals surface area contributed by atoms with Crippen molar-refractivity contribution in [3.63, 3.8) is 0 Å². The molecule has 0 bridgehead atoms. The van der Waals surface area contributed by atoms with E-state index in [9.17, 15) is 14.4 Å². The fraction of sp³-hybridized carbons (Fsp3) is 0.500. The number of carbonyl (C=O) groups is 3. The van der Waals surface area contributed by atoms with Gasteiger partial charge in [-0.3, -0.25) is 19.3 Å². The SMILES string of the molecule is CCCN(CCC)C(=O)CN1C(=O)C(C)Oc2ccc(C=O)cc21. The molecule has 0 N–H and O–H groups in total. The van der Waals surface area contributed by atoms with Crippen molar-refractivity contribution < 1.29 is 19.1 Å². The molecule has 0 radical (unpaired) electrons. The number of carbonyl (C=O) groups excluding carboxylic acids is 3. The molecular weight excluding hydrogens is 308 g/mol. The number of amides is 2. The number of hydrogen-bond acceptors (Lipinski definition) is 4. The lowest BCUT2D eigenvalue weighted by Crippen LogP contribution is -2.49. The van der Waals surface area contributed by atoms with Crippen molar-refractivity contribution in [2.75, 3.05) is 24.5 Å². The van der Waals surface area contributed by atoms with Crippen molar-refractivity contribution in [1.29, 1.82) is 0 Å². The van der Waals surface area contributed by atoms with E-state index in [4.69, 9.17) is 4.74 Å². The van der Waals surface area contributed by atoms with Crippen molar-refractivity contribution in [3.05, 3.63) is 23.8 Å². The maximum Gasteiger partial charge on any atom is 0.268 e.